The number of halogens is 2. The summed E-state index contributed by atoms with van der Waals surface area (Å²) in [6.45, 7) is 7.46. The van der Waals surface area contributed by atoms with E-state index in [1.54, 1.807) is 87.0 Å². The van der Waals surface area contributed by atoms with Crippen LogP contribution in [0.5, 0.6) is 11.5 Å². The molecule has 0 unspecified atom stereocenters. The topological polar surface area (TPSA) is 208 Å². The van der Waals surface area contributed by atoms with Crippen LogP contribution in [0.3, 0.4) is 0 Å². The Labute approximate surface area is 451 Å². The molecule has 0 radical (unpaired) electrons. The summed E-state index contributed by atoms with van der Waals surface area (Å²) in [5, 5.41) is 27.1. The highest BCUT2D eigenvalue weighted by Crippen LogP contribution is 2.49. The van der Waals surface area contributed by atoms with Crippen LogP contribution in [0.25, 0.3) is 34.0 Å². The number of nitrogens with zero attached hydrogens (tertiary/aromatic N) is 2. The molecule has 2 heterocycles. The number of carbonyl (C=O) groups excluding carboxylic acids is 2. The average Bonchev–Trinajstić information content (AvgIpc) is 4.00. The highest BCUT2D eigenvalue weighted by Gasteiger charge is 2.38. The molecule has 0 fully saturated rings. The van der Waals surface area contributed by atoms with E-state index in [1.165, 1.54) is 26.4 Å². The van der Waals surface area contributed by atoms with Gasteiger partial charge in [-0.2, -0.15) is 10.5 Å². The molecule has 0 aliphatic carbocycles. The lowest BCUT2D eigenvalue weighted by molar-refractivity contribution is 0.0928. The predicted octanol–water partition coefficient (Wildman–Crippen LogP) is 12.1. The van der Waals surface area contributed by atoms with E-state index in [0.29, 0.717) is 65.1 Å². The van der Waals surface area contributed by atoms with Gasteiger partial charge in [-0.1, -0.05) is 59.6 Å². The zero-order valence-corrected chi connectivity index (χ0v) is 46.1. The van der Waals surface area contributed by atoms with Crippen molar-refractivity contribution in [1.82, 2.24) is 20.6 Å². The Morgan fingerprint density at radius 3 is 1.26 bits per heavy atom. The van der Waals surface area contributed by atoms with Crippen molar-refractivity contribution in [1.29, 1.82) is 10.5 Å². The number of aromatic amines is 2. The number of hydrogen-bond donors (Lipinski definition) is 4. The zero-order valence-electron chi connectivity index (χ0n) is 42.8. The molecule has 0 saturated carbocycles. The van der Waals surface area contributed by atoms with E-state index < -0.39 is 26.6 Å². The van der Waals surface area contributed by atoms with Gasteiger partial charge in [0.1, 0.15) is 22.9 Å². The number of hydrogen-bond acceptors (Lipinski definition) is 10. The first-order valence-corrected chi connectivity index (χ1v) is 27.6. The Morgan fingerprint density at radius 2 is 0.934 bits per heavy atom. The Morgan fingerprint density at radius 1 is 0.566 bits per heavy atom. The number of nitriles is 2. The number of methoxy groups -OCH3 is 2. The number of aromatic nitrogens is 2. The van der Waals surface area contributed by atoms with Crippen molar-refractivity contribution < 1.29 is 37.2 Å². The maximum Gasteiger partial charge on any atom is 0.269 e. The Hall–Kier alpha value is -7.64. The number of ether oxygens (including phenoxy) is 2. The third kappa shape index (κ3) is 12.2. The lowest BCUT2D eigenvalue weighted by Crippen LogP contribution is -2.32. The molecule has 388 valence electrons. The van der Waals surface area contributed by atoms with Gasteiger partial charge in [0.05, 0.1) is 49.1 Å². The molecule has 2 aromatic heterocycles. The third-order valence-corrected chi connectivity index (χ3v) is 18.0. The normalized spacial score (nSPS) is 13.7. The van der Waals surface area contributed by atoms with Crippen molar-refractivity contribution in [2.75, 3.05) is 28.4 Å². The molecular formula is C58H54Cl2N6O8P2. The van der Waals surface area contributed by atoms with Crippen LogP contribution in [0, 0.1) is 36.5 Å². The standard InChI is InChI=1S/2C29H27ClN3O4P/c2*1-18-14-20(6-5-13-31)16-24(15-18)38(35,37-4)28-25-17-22(30)9-12-26(25)33-27(28)29(34)32-19(2)21-7-10-23(36-3)11-8-21/h2*5-12,14-17,19,33H,1-4H3,(H,32,34)/b2*6-5+/t2*19-,38-/m11/s1. The van der Waals surface area contributed by atoms with Crippen LogP contribution in [-0.2, 0) is 18.2 Å². The quantitative estimate of drug-likeness (QED) is 0.0531. The lowest BCUT2D eigenvalue weighted by Gasteiger charge is -2.20. The van der Waals surface area contributed by atoms with Crippen molar-refractivity contribution in [2.45, 2.75) is 39.8 Å². The predicted molar refractivity (Wildman–Crippen MR) is 304 cm³/mol. The summed E-state index contributed by atoms with van der Waals surface area (Å²) < 4.78 is 51.4. The number of rotatable bonds is 16. The van der Waals surface area contributed by atoms with Gasteiger partial charge in [-0.05, 0) is 158 Å². The van der Waals surface area contributed by atoms with Gasteiger partial charge in [0.15, 0.2) is 0 Å². The number of aryl methyl sites for hydroxylation is 2. The summed E-state index contributed by atoms with van der Waals surface area (Å²) >= 11 is 12.6. The summed E-state index contributed by atoms with van der Waals surface area (Å²) in [7, 11) is -1.72. The van der Waals surface area contributed by atoms with Gasteiger partial charge in [0, 0.05) is 68.8 Å². The van der Waals surface area contributed by atoms with Crippen LogP contribution in [-0.4, -0.2) is 50.2 Å². The highest BCUT2D eigenvalue weighted by atomic mass is 35.5. The summed E-state index contributed by atoms with van der Waals surface area (Å²) in [6.07, 6.45) is 5.96. The van der Waals surface area contributed by atoms with Crippen LogP contribution in [0.2, 0.25) is 10.0 Å². The van der Waals surface area contributed by atoms with E-state index in [1.807, 2.05) is 100 Å². The van der Waals surface area contributed by atoms with Crippen molar-refractivity contribution in [2.24, 2.45) is 0 Å². The minimum atomic E-state index is -3.81. The fourth-order valence-corrected chi connectivity index (χ4v) is 13.7. The first-order valence-electron chi connectivity index (χ1n) is 23.6. The smallest absolute Gasteiger partial charge is 0.269 e. The van der Waals surface area contributed by atoms with E-state index in [4.69, 9.17) is 52.2 Å². The molecule has 0 aliphatic rings. The van der Waals surface area contributed by atoms with E-state index in [2.05, 4.69) is 20.6 Å². The minimum absolute atomic E-state index is 0.128. The van der Waals surface area contributed by atoms with Crippen LogP contribution in [0.1, 0.15) is 80.3 Å². The molecule has 0 saturated heterocycles. The second kappa shape index (κ2) is 24.4. The van der Waals surface area contributed by atoms with Crippen LogP contribution in [0.4, 0.5) is 0 Å². The summed E-state index contributed by atoms with van der Waals surface area (Å²) in [5.41, 5.74) is 6.24. The molecule has 18 heteroatoms. The van der Waals surface area contributed by atoms with Crippen molar-refractivity contribution in [3.63, 3.8) is 0 Å². The molecule has 6 aromatic carbocycles. The van der Waals surface area contributed by atoms with Crippen LogP contribution in [0.15, 0.2) is 133 Å². The van der Waals surface area contributed by atoms with Crippen molar-refractivity contribution in [3.8, 4) is 23.6 Å². The van der Waals surface area contributed by atoms with Crippen molar-refractivity contribution in [3.05, 3.63) is 188 Å². The monoisotopic (exact) mass is 1090 g/mol. The van der Waals surface area contributed by atoms with Crippen LogP contribution < -0.4 is 41.3 Å². The molecule has 4 N–H and O–H groups in total. The van der Waals surface area contributed by atoms with E-state index in [-0.39, 0.29) is 34.1 Å². The average molecular weight is 1100 g/mol. The fourth-order valence-electron chi connectivity index (χ4n) is 8.76. The maximum absolute atomic E-state index is 14.7. The van der Waals surface area contributed by atoms with Gasteiger partial charge in [0.25, 0.3) is 26.6 Å². The first-order chi connectivity index (χ1) is 36.4. The van der Waals surface area contributed by atoms with Crippen LogP contribution >= 0.6 is 37.9 Å². The zero-order chi connectivity index (χ0) is 54.9. The molecule has 8 aromatic rings. The molecule has 76 heavy (non-hydrogen) atoms. The molecule has 14 nitrogen and oxygen atoms in total. The minimum Gasteiger partial charge on any atom is -0.497 e. The summed E-state index contributed by atoms with van der Waals surface area (Å²) in [5.74, 6) is 0.547. The van der Waals surface area contributed by atoms with Gasteiger partial charge in [-0.15, -0.1) is 0 Å². The summed E-state index contributed by atoms with van der Waals surface area (Å²) in [6, 6.07) is 38.9. The third-order valence-electron chi connectivity index (χ3n) is 12.5. The second-order valence-electron chi connectivity index (χ2n) is 17.6. The van der Waals surface area contributed by atoms with E-state index in [9.17, 15) is 18.7 Å². The number of nitrogens with one attached hydrogen (secondary N) is 4. The molecular weight excluding hydrogens is 1040 g/mol. The maximum atomic E-state index is 14.7. The van der Waals surface area contributed by atoms with Gasteiger partial charge >= 0.3 is 0 Å². The molecule has 0 aliphatic heterocycles. The van der Waals surface area contributed by atoms with Gasteiger partial charge in [-0.25, -0.2) is 0 Å². The Kier molecular flexibility index (Phi) is 18.0. The largest absolute Gasteiger partial charge is 0.497 e. The summed E-state index contributed by atoms with van der Waals surface area (Å²) in [4.78, 5) is 33.6. The molecule has 0 bridgehead atoms. The number of amides is 2. The Bertz CT molecular complexity index is 3480. The Balaban J connectivity index is 0.000000221. The number of fused-ring (bicyclic) bond motifs is 2. The second-order valence-corrected chi connectivity index (χ2v) is 23.3. The first kappa shape index (κ1) is 56.1. The SMILES string of the molecule is COc1ccc([C@@H](C)NC(=O)c2[nH]c3ccc(Cl)cc3c2[P@](=O)(OC)c2cc(C)cc(/C=C/C#N)c2)cc1.COc1ccc([C@@H](C)NC(=O)c2[nH]c3ccc(Cl)cc3c2[P@](=O)(OC)c2cc(C)cc(/C=C/C#N)c2)cc1. The number of allylic oxidation sites excluding steroid dienone is 2. The molecule has 0 spiro atoms. The van der Waals surface area contributed by atoms with Gasteiger partial charge < -0.3 is 39.1 Å². The number of carbonyl (C=O) groups is 2. The molecule has 4 atom stereocenters. The number of H-pyrrole nitrogens is 2. The molecule has 2 amide bonds. The van der Waals surface area contributed by atoms with Gasteiger partial charge in [-0.3, -0.25) is 18.7 Å². The molecule has 8 rings (SSSR count). The number of benzene rings is 6. The highest BCUT2D eigenvalue weighted by molar-refractivity contribution is 7.75. The van der Waals surface area contributed by atoms with Crippen molar-refractivity contribution >= 4 is 105 Å². The van der Waals surface area contributed by atoms with Gasteiger partial charge in [0.2, 0.25) is 0 Å². The fraction of sp³-hybridized carbons (Fsp3) is 0.172. The van der Waals surface area contributed by atoms with E-state index >= 15 is 0 Å². The lowest BCUT2D eigenvalue weighted by atomic mass is 10.1. The van der Waals surface area contributed by atoms with E-state index in [0.717, 1.165) is 22.3 Å².